The van der Waals surface area contributed by atoms with Crippen molar-refractivity contribution in [3.8, 4) is 24.4 Å². The molecule has 12 heteroatoms. The first-order valence-electron chi connectivity index (χ1n) is 15.6. The molecule has 2 unspecified atom stereocenters. The smallest absolute Gasteiger partial charge is 0.451 e. The van der Waals surface area contributed by atoms with Gasteiger partial charge in [-0.1, -0.05) is 38.3 Å². The Morgan fingerprint density at radius 3 is 2.47 bits per heavy atom. The maximum Gasteiger partial charge on any atom is 0.451 e. The number of aromatic amines is 1. The van der Waals surface area contributed by atoms with Gasteiger partial charge in [-0.2, -0.15) is 13.2 Å². The molecule has 1 aromatic carbocycles. The van der Waals surface area contributed by atoms with Crippen LogP contribution in [0.1, 0.15) is 57.0 Å². The van der Waals surface area contributed by atoms with Crippen LogP contribution in [-0.4, -0.2) is 70.4 Å². The molecule has 3 aliphatic heterocycles. The van der Waals surface area contributed by atoms with Crippen LogP contribution in [0.15, 0.2) is 45.7 Å². The zero-order valence-corrected chi connectivity index (χ0v) is 26.7. The molecule has 0 aliphatic carbocycles. The highest BCUT2D eigenvalue weighted by atomic mass is 19.4. The number of piperidine rings is 1. The fraction of sp³-hybridized carbons (Fsp3) is 0.457. The van der Waals surface area contributed by atoms with Gasteiger partial charge in [0.05, 0.1) is 19.3 Å². The number of pyridine rings is 1. The quantitative estimate of drug-likeness (QED) is 0.273. The van der Waals surface area contributed by atoms with Crippen LogP contribution in [0.25, 0.3) is 22.1 Å². The number of aromatic nitrogens is 3. The average Bonchev–Trinajstić information content (AvgIpc) is 3.68. The molecule has 2 N–H and O–H groups in total. The van der Waals surface area contributed by atoms with Crippen molar-refractivity contribution < 1.29 is 27.4 Å². The number of halogens is 3. The number of benzene rings is 1. The van der Waals surface area contributed by atoms with Gasteiger partial charge in [0, 0.05) is 47.8 Å². The summed E-state index contributed by atoms with van der Waals surface area (Å²) in [5.74, 6) is 5.49. The Hall–Kier alpha value is -4.52. The van der Waals surface area contributed by atoms with Crippen molar-refractivity contribution in [2.24, 2.45) is 5.92 Å². The minimum Gasteiger partial charge on any atom is -0.462 e. The minimum atomic E-state index is -4.58. The van der Waals surface area contributed by atoms with E-state index in [0.717, 1.165) is 56.7 Å². The largest absolute Gasteiger partial charge is 0.462 e. The van der Waals surface area contributed by atoms with Crippen LogP contribution in [0, 0.1) is 30.3 Å². The summed E-state index contributed by atoms with van der Waals surface area (Å²) in [6, 6.07) is 9.51. The van der Waals surface area contributed by atoms with Crippen LogP contribution in [-0.2, 0) is 16.3 Å². The van der Waals surface area contributed by atoms with Crippen molar-refractivity contribution in [3.63, 3.8) is 0 Å². The van der Waals surface area contributed by atoms with Crippen LogP contribution in [0.3, 0.4) is 0 Å². The summed E-state index contributed by atoms with van der Waals surface area (Å²) in [4.78, 5) is 27.0. The number of terminal acetylenes is 1. The second-order valence-electron chi connectivity index (χ2n) is 12.2. The number of ether oxygens (including phenoxy) is 1. The number of aliphatic hydroxyl groups excluding tert-OH is 1. The molecule has 9 nitrogen and oxygen atoms in total. The molecule has 3 aliphatic rings. The van der Waals surface area contributed by atoms with Gasteiger partial charge in [-0.05, 0) is 56.8 Å². The van der Waals surface area contributed by atoms with Gasteiger partial charge in [-0.25, -0.2) is 9.97 Å². The van der Waals surface area contributed by atoms with Crippen molar-refractivity contribution in [2.45, 2.75) is 57.7 Å². The third-order valence-corrected chi connectivity index (χ3v) is 9.30. The Labute approximate surface area is 271 Å². The molecule has 2 atom stereocenters. The summed E-state index contributed by atoms with van der Waals surface area (Å²) in [7, 11) is 0. The molecule has 3 aromatic heterocycles. The monoisotopic (exact) mass is 649 g/mol. The van der Waals surface area contributed by atoms with E-state index < -0.39 is 12.0 Å². The molecule has 248 valence electrons. The third kappa shape index (κ3) is 7.09. The molecule has 0 saturated carbocycles. The predicted octanol–water partition coefficient (Wildman–Crippen LogP) is 5.69. The molecule has 0 spiro atoms. The Kier molecular flexibility index (Phi) is 10.1. The molecule has 47 heavy (non-hydrogen) atoms. The highest BCUT2D eigenvalue weighted by molar-refractivity contribution is 6.05. The number of alkyl halides is 3. The van der Waals surface area contributed by atoms with Gasteiger partial charge in [0.15, 0.2) is 11.4 Å². The van der Waals surface area contributed by atoms with Crippen LogP contribution in [0.5, 0.6) is 0 Å². The molecule has 0 amide bonds. The van der Waals surface area contributed by atoms with Gasteiger partial charge in [0.1, 0.15) is 17.2 Å². The second kappa shape index (κ2) is 14.1. The molecular weight excluding hydrogens is 611 g/mol. The van der Waals surface area contributed by atoms with E-state index in [1.807, 2.05) is 17.9 Å². The lowest BCUT2D eigenvalue weighted by Crippen LogP contribution is -2.57. The number of anilines is 1. The fourth-order valence-electron chi connectivity index (χ4n) is 6.40. The minimum absolute atomic E-state index is 0.0245. The first-order valence-corrected chi connectivity index (χ1v) is 15.6. The number of hydrogen-bond acceptors (Lipinski definition) is 8. The third-order valence-electron chi connectivity index (χ3n) is 9.30. The standard InChI is InChI=1S/C18H24N2O2.C15H12F3N3O.C2H2O/c1-4-5-14-8-16(17(21)19-9-14)18(3)6-7-20(10-13(18)2)15-11-22-12-15;16-15(17,18)14-19-11-9-5-1-2-6-10(9)22-12(11)13(20-14)21-7-3-4-8-21;1-2-3/h8-9,13,15H,6-7,10-12H2,1-3H3,(H,19,21);1-2,5-6H,3-4,7-8H2;1,3H. The summed E-state index contributed by atoms with van der Waals surface area (Å²) in [5, 5.41) is 7.67. The van der Waals surface area contributed by atoms with Gasteiger partial charge < -0.3 is 24.1 Å². The number of H-pyrrole nitrogens is 1. The maximum absolute atomic E-state index is 13.1. The van der Waals surface area contributed by atoms with Crippen molar-refractivity contribution in [2.75, 3.05) is 44.3 Å². The number of aliphatic hydroxyl groups is 1. The number of rotatable bonds is 3. The molecule has 0 bridgehead atoms. The van der Waals surface area contributed by atoms with E-state index in [1.54, 1.807) is 30.5 Å². The van der Waals surface area contributed by atoms with Gasteiger partial charge in [0.2, 0.25) is 5.82 Å². The molecule has 6 heterocycles. The predicted molar refractivity (Wildman–Crippen MR) is 173 cm³/mol. The fourth-order valence-corrected chi connectivity index (χ4v) is 6.40. The normalized spacial score (nSPS) is 21.5. The number of nitrogens with zero attached hydrogens (tertiary/aromatic N) is 4. The van der Waals surface area contributed by atoms with Crippen LogP contribution in [0.4, 0.5) is 19.0 Å². The van der Waals surface area contributed by atoms with Crippen molar-refractivity contribution >= 4 is 27.9 Å². The van der Waals surface area contributed by atoms with E-state index in [9.17, 15) is 18.0 Å². The maximum atomic E-state index is 13.1. The van der Waals surface area contributed by atoms with E-state index >= 15 is 0 Å². The lowest BCUT2D eigenvalue weighted by molar-refractivity contribution is -0.144. The zero-order chi connectivity index (χ0) is 33.8. The summed E-state index contributed by atoms with van der Waals surface area (Å²) < 4.78 is 50.4. The Morgan fingerprint density at radius 1 is 1.15 bits per heavy atom. The van der Waals surface area contributed by atoms with E-state index in [0.29, 0.717) is 41.6 Å². The van der Waals surface area contributed by atoms with E-state index in [1.165, 1.54) is 6.11 Å². The number of hydrogen-bond donors (Lipinski definition) is 2. The number of likely N-dealkylation sites (tertiary alicyclic amines) is 1. The molecule has 3 fully saturated rings. The lowest BCUT2D eigenvalue weighted by atomic mass is 9.68. The van der Waals surface area contributed by atoms with Crippen LogP contribution in [0.2, 0.25) is 0 Å². The first kappa shape index (κ1) is 33.8. The lowest BCUT2D eigenvalue weighted by Gasteiger charge is -2.48. The van der Waals surface area contributed by atoms with Crippen LogP contribution < -0.4 is 10.5 Å². The summed E-state index contributed by atoms with van der Waals surface area (Å²) in [6.45, 7) is 11.4. The number of furan rings is 1. The van der Waals surface area contributed by atoms with Gasteiger partial charge >= 0.3 is 6.18 Å². The Bertz CT molecular complexity index is 1880. The van der Waals surface area contributed by atoms with Gasteiger partial charge in [0.25, 0.3) is 5.56 Å². The van der Waals surface area contributed by atoms with Crippen molar-refractivity contribution in [1.29, 1.82) is 0 Å². The van der Waals surface area contributed by atoms with Crippen molar-refractivity contribution in [3.05, 3.63) is 63.8 Å². The SMILES string of the molecule is C#CO.CC#Cc1c[nH]c(=O)c(C2(C)CCN(C3COC3)CC2C)c1.FC(F)(F)c1nc(N2CCCC2)c2oc3ccccc3c2n1. The highest BCUT2D eigenvalue weighted by Gasteiger charge is 2.42. The molecular formula is C35H38F3N5O4. The number of para-hydroxylation sites is 1. The molecule has 4 aromatic rings. The average molecular weight is 650 g/mol. The summed E-state index contributed by atoms with van der Waals surface area (Å²) in [6.07, 6.45) is 5.40. The molecule has 3 saturated heterocycles. The Balaban J connectivity index is 0.000000170. The van der Waals surface area contributed by atoms with Crippen LogP contribution >= 0.6 is 0 Å². The summed E-state index contributed by atoms with van der Waals surface area (Å²) >= 11 is 0. The first-order chi connectivity index (χ1) is 22.5. The highest BCUT2D eigenvalue weighted by Crippen LogP contribution is 2.39. The number of fused-ring (bicyclic) bond motifs is 3. The molecule has 0 radical (unpaired) electrons. The second-order valence-corrected chi connectivity index (χ2v) is 12.2. The van der Waals surface area contributed by atoms with Gasteiger partial charge in [-0.3, -0.25) is 9.69 Å². The Morgan fingerprint density at radius 2 is 1.85 bits per heavy atom. The zero-order valence-electron chi connectivity index (χ0n) is 26.7. The molecule has 7 rings (SSSR count). The number of nitrogens with one attached hydrogen (secondary N) is 1. The van der Waals surface area contributed by atoms with E-state index in [4.69, 9.17) is 14.3 Å². The van der Waals surface area contributed by atoms with E-state index in [2.05, 4.69) is 52.0 Å². The topological polar surface area (TPSA) is 108 Å². The van der Waals surface area contributed by atoms with E-state index in [-0.39, 0.29) is 22.3 Å². The summed E-state index contributed by atoms with van der Waals surface area (Å²) in [5.41, 5.74) is 2.77. The van der Waals surface area contributed by atoms with Gasteiger partial charge in [-0.15, -0.1) is 5.92 Å². The van der Waals surface area contributed by atoms with Crippen molar-refractivity contribution in [1.82, 2.24) is 19.9 Å².